The van der Waals surface area contributed by atoms with Crippen LogP contribution in [0.15, 0.2) is 59.5 Å². The summed E-state index contributed by atoms with van der Waals surface area (Å²) in [7, 11) is 0. The number of aryl methyl sites for hydroxylation is 1. The van der Waals surface area contributed by atoms with Crippen LogP contribution in [0.4, 0.5) is 8.78 Å². The van der Waals surface area contributed by atoms with Gasteiger partial charge in [0.2, 0.25) is 0 Å². The van der Waals surface area contributed by atoms with Crippen LogP contribution in [-0.2, 0) is 6.54 Å². The van der Waals surface area contributed by atoms with Gasteiger partial charge in [-0.1, -0.05) is 18.2 Å². The van der Waals surface area contributed by atoms with Crippen molar-refractivity contribution < 1.29 is 13.9 Å². The molecule has 0 saturated heterocycles. The highest BCUT2D eigenvalue weighted by molar-refractivity contribution is 5.33. The van der Waals surface area contributed by atoms with Crippen LogP contribution in [0.3, 0.4) is 0 Å². The number of hydrogen-bond donors (Lipinski definition) is 1. The molecule has 4 nitrogen and oxygen atoms in total. The van der Waals surface area contributed by atoms with Crippen molar-refractivity contribution >= 4 is 0 Å². The van der Waals surface area contributed by atoms with Gasteiger partial charge in [-0.2, -0.15) is 0 Å². The van der Waals surface area contributed by atoms with Crippen molar-refractivity contribution in [1.82, 2.24) is 9.13 Å². The summed E-state index contributed by atoms with van der Waals surface area (Å²) in [6.45, 7) is 1.60. The highest BCUT2D eigenvalue weighted by Gasteiger charge is 2.17. The fraction of sp³-hybridized carbons (Fsp3) is 0.167. The zero-order valence-electron chi connectivity index (χ0n) is 13.0. The first kappa shape index (κ1) is 16.1. The summed E-state index contributed by atoms with van der Waals surface area (Å²) in [5.41, 5.74) is 0.852. The summed E-state index contributed by atoms with van der Waals surface area (Å²) in [5.74, 6) is -1.35. The zero-order valence-corrected chi connectivity index (χ0v) is 13.0. The monoisotopic (exact) mass is 330 g/mol. The van der Waals surface area contributed by atoms with E-state index in [9.17, 15) is 18.7 Å². The molecule has 0 aliphatic carbocycles. The normalized spacial score (nSPS) is 12.3. The Hall–Kier alpha value is -2.73. The molecule has 0 saturated carbocycles. The van der Waals surface area contributed by atoms with Crippen molar-refractivity contribution in [3.63, 3.8) is 0 Å². The minimum absolute atomic E-state index is 0.167. The van der Waals surface area contributed by atoms with Gasteiger partial charge < -0.3 is 5.11 Å². The van der Waals surface area contributed by atoms with Crippen molar-refractivity contribution in [2.24, 2.45) is 0 Å². The number of aromatic nitrogens is 2. The molecule has 1 atom stereocenters. The maximum absolute atomic E-state index is 13.8. The average Bonchev–Trinajstić information content (AvgIpc) is 2.84. The average molecular weight is 330 g/mol. The molecule has 24 heavy (non-hydrogen) atoms. The van der Waals surface area contributed by atoms with Crippen LogP contribution < -0.4 is 5.69 Å². The molecule has 0 spiro atoms. The summed E-state index contributed by atoms with van der Waals surface area (Å²) in [4.78, 5) is 12.6. The molecule has 0 aliphatic heterocycles. The van der Waals surface area contributed by atoms with Crippen molar-refractivity contribution in [3.05, 3.63) is 88.1 Å². The molecule has 0 aliphatic rings. The third kappa shape index (κ3) is 3.00. The van der Waals surface area contributed by atoms with E-state index in [4.69, 9.17) is 0 Å². The number of para-hydroxylation sites is 1. The Morgan fingerprint density at radius 3 is 2.54 bits per heavy atom. The number of imidazole rings is 1. The van der Waals surface area contributed by atoms with Crippen molar-refractivity contribution in [3.8, 4) is 5.69 Å². The molecule has 0 fully saturated rings. The first-order valence-electron chi connectivity index (χ1n) is 7.44. The number of aliphatic hydroxyl groups is 1. The van der Waals surface area contributed by atoms with Gasteiger partial charge in [0.15, 0.2) is 0 Å². The fourth-order valence-corrected chi connectivity index (χ4v) is 2.69. The standard InChI is InChI=1S/C18H16F2N2O2/c1-12-10-21(18(24)22(12)14-5-3-2-4-6-14)11-17(23)15-9-13(19)7-8-16(15)20/h2-10,17,23H,11H2,1H3. The summed E-state index contributed by atoms with van der Waals surface area (Å²) in [5, 5.41) is 10.2. The minimum atomic E-state index is -1.33. The third-order valence-corrected chi connectivity index (χ3v) is 3.83. The van der Waals surface area contributed by atoms with E-state index < -0.39 is 17.7 Å². The van der Waals surface area contributed by atoms with E-state index in [1.165, 1.54) is 9.13 Å². The van der Waals surface area contributed by atoms with E-state index >= 15 is 0 Å². The highest BCUT2D eigenvalue weighted by atomic mass is 19.1. The van der Waals surface area contributed by atoms with Crippen LogP contribution in [0.5, 0.6) is 0 Å². The predicted molar refractivity (Wildman–Crippen MR) is 86.1 cm³/mol. The van der Waals surface area contributed by atoms with Gasteiger partial charge in [0.25, 0.3) is 0 Å². The van der Waals surface area contributed by atoms with E-state index in [0.717, 1.165) is 18.2 Å². The number of rotatable bonds is 4. The van der Waals surface area contributed by atoms with E-state index in [0.29, 0.717) is 11.4 Å². The maximum atomic E-state index is 13.8. The van der Waals surface area contributed by atoms with Crippen molar-refractivity contribution in [2.75, 3.05) is 0 Å². The molecule has 3 rings (SSSR count). The molecule has 1 heterocycles. The van der Waals surface area contributed by atoms with Gasteiger partial charge in [0, 0.05) is 17.5 Å². The Morgan fingerprint density at radius 1 is 1.12 bits per heavy atom. The van der Waals surface area contributed by atoms with Crippen molar-refractivity contribution in [2.45, 2.75) is 19.6 Å². The molecule has 1 N–H and O–H groups in total. The Labute approximate surface area is 137 Å². The number of halogens is 2. The van der Waals surface area contributed by atoms with E-state index in [-0.39, 0.29) is 17.8 Å². The highest BCUT2D eigenvalue weighted by Crippen LogP contribution is 2.20. The molecule has 6 heteroatoms. The molecule has 3 aromatic rings. The van der Waals surface area contributed by atoms with Crippen molar-refractivity contribution in [1.29, 1.82) is 0 Å². The molecule has 1 unspecified atom stereocenters. The molecule has 124 valence electrons. The number of nitrogens with zero attached hydrogens (tertiary/aromatic N) is 2. The topological polar surface area (TPSA) is 47.2 Å². The third-order valence-electron chi connectivity index (χ3n) is 3.83. The number of hydrogen-bond acceptors (Lipinski definition) is 2. The molecular weight excluding hydrogens is 314 g/mol. The lowest BCUT2D eigenvalue weighted by Gasteiger charge is -2.12. The van der Waals surface area contributed by atoms with Gasteiger partial charge in [-0.25, -0.2) is 13.6 Å². The molecular formula is C18H16F2N2O2. The summed E-state index contributed by atoms with van der Waals surface area (Å²) < 4.78 is 29.8. The fourth-order valence-electron chi connectivity index (χ4n) is 2.69. The quantitative estimate of drug-likeness (QED) is 0.799. The summed E-state index contributed by atoms with van der Waals surface area (Å²) in [6, 6.07) is 11.9. The summed E-state index contributed by atoms with van der Waals surface area (Å²) >= 11 is 0. The van der Waals surface area contributed by atoms with Gasteiger partial charge >= 0.3 is 5.69 Å². The minimum Gasteiger partial charge on any atom is -0.386 e. The molecule has 0 radical (unpaired) electrons. The first-order chi connectivity index (χ1) is 11.5. The largest absolute Gasteiger partial charge is 0.386 e. The van der Waals surface area contributed by atoms with Crippen LogP contribution in [-0.4, -0.2) is 14.2 Å². The van der Waals surface area contributed by atoms with Gasteiger partial charge in [0.1, 0.15) is 11.6 Å². The lowest BCUT2D eigenvalue weighted by molar-refractivity contribution is 0.150. The van der Waals surface area contributed by atoms with Gasteiger partial charge in [-0.3, -0.25) is 9.13 Å². The predicted octanol–water partition coefficient (Wildman–Crippen LogP) is 2.96. The number of aliphatic hydroxyl groups excluding tert-OH is 1. The maximum Gasteiger partial charge on any atom is 0.333 e. The molecule has 0 bridgehead atoms. The molecule has 2 aromatic carbocycles. The number of benzene rings is 2. The van der Waals surface area contributed by atoms with Gasteiger partial charge in [-0.15, -0.1) is 0 Å². The molecule has 0 amide bonds. The van der Waals surface area contributed by atoms with Crippen LogP contribution in [0.25, 0.3) is 5.69 Å². The van der Waals surface area contributed by atoms with Crippen LogP contribution >= 0.6 is 0 Å². The van der Waals surface area contributed by atoms with Gasteiger partial charge in [0.05, 0.1) is 18.3 Å². The smallest absolute Gasteiger partial charge is 0.333 e. The van der Waals surface area contributed by atoms with E-state index in [2.05, 4.69) is 0 Å². The second-order valence-electron chi connectivity index (χ2n) is 5.56. The second-order valence-corrected chi connectivity index (χ2v) is 5.56. The Morgan fingerprint density at radius 2 is 1.83 bits per heavy atom. The summed E-state index contributed by atoms with van der Waals surface area (Å²) in [6.07, 6.45) is 0.250. The van der Waals surface area contributed by atoms with Crippen LogP contribution in [0.1, 0.15) is 17.4 Å². The zero-order chi connectivity index (χ0) is 17.3. The molecule has 1 aromatic heterocycles. The lowest BCUT2D eigenvalue weighted by Crippen LogP contribution is -2.26. The van der Waals surface area contributed by atoms with E-state index in [1.807, 2.05) is 18.2 Å². The lowest BCUT2D eigenvalue weighted by atomic mass is 10.1. The van der Waals surface area contributed by atoms with Crippen LogP contribution in [0.2, 0.25) is 0 Å². The first-order valence-corrected chi connectivity index (χ1v) is 7.44. The second kappa shape index (κ2) is 6.41. The Kier molecular flexibility index (Phi) is 4.31. The van der Waals surface area contributed by atoms with E-state index in [1.54, 1.807) is 25.3 Å². The van der Waals surface area contributed by atoms with Crippen LogP contribution in [0, 0.1) is 18.6 Å². The SMILES string of the molecule is Cc1cn(CC(O)c2cc(F)ccc2F)c(=O)n1-c1ccccc1. The Bertz CT molecular complexity index is 917. The Balaban J connectivity index is 1.94. The van der Waals surface area contributed by atoms with Gasteiger partial charge in [-0.05, 0) is 37.3 Å².